The van der Waals surface area contributed by atoms with Crippen LogP contribution in [-0.4, -0.2) is 33.0 Å². The zero-order valence-corrected chi connectivity index (χ0v) is 19.1. The second-order valence-corrected chi connectivity index (χ2v) is 8.56. The fraction of sp³-hybridized carbons (Fsp3) is 0.348. The van der Waals surface area contributed by atoms with Crippen molar-refractivity contribution in [1.82, 2.24) is 14.9 Å². The van der Waals surface area contributed by atoms with Gasteiger partial charge in [0, 0.05) is 5.75 Å². The number of aromatic nitrogens is 3. The molecule has 2 N–H and O–H groups in total. The van der Waals surface area contributed by atoms with Crippen LogP contribution in [0.4, 0.5) is 0 Å². The molecule has 7 nitrogen and oxygen atoms in total. The Bertz CT molecular complexity index is 1050. The van der Waals surface area contributed by atoms with Crippen molar-refractivity contribution in [2.45, 2.75) is 45.4 Å². The van der Waals surface area contributed by atoms with Crippen molar-refractivity contribution in [1.29, 1.82) is 0 Å². The summed E-state index contributed by atoms with van der Waals surface area (Å²) in [6.07, 6.45) is 0. The monoisotopic (exact) mass is 440 g/mol. The summed E-state index contributed by atoms with van der Waals surface area (Å²) < 4.78 is 13.2. The van der Waals surface area contributed by atoms with Crippen LogP contribution in [0, 0.1) is 6.92 Å². The molecule has 3 aromatic rings. The Balaban J connectivity index is 1.55. The first kappa shape index (κ1) is 22.7. The molecule has 8 heteroatoms. The molecule has 0 saturated carbocycles. The smallest absolute Gasteiger partial charge is 0.210 e. The van der Waals surface area contributed by atoms with Crippen molar-refractivity contribution in [2.75, 3.05) is 18.2 Å². The summed E-state index contributed by atoms with van der Waals surface area (Å²) in [5.41, 5.74) is 2.85. The lowest BCUT2D eigenvalue weighted by atomic mass is 10.0. The number of hydrogen-bond acceptors (Lipinski definition) is 7. The summed E-state index contributed by atoms with van der Waals surface area (Å²) in [7, 11) is 0. The quantitative estimate of drug-likeness (QED) is 0.216. The molecular weight excluding hydrogens is 412 g/mol. The molecule has 0 amide bonds. The number of hydrogen-bond donors (Lipinski definition) is 1. The van der Waals surface area contributed by atoms with Crippen LogP contribution in [0.25, 0.3) is 0 Å². The molecule has 3 rings (SSSR count). The average molecular weight is 441 g/mol. The minimum Gasteiger partial charge on any atom is -0.492 e. The number of carbonyl (C=O) groups excluding carboxylic acids is 1. The van der Waals surface area contributed by atoms with Gasteiger partial charge in [0.05, 0.1) is 12.2 Å². The molecule has 1 heterocycles. The molecule has 0 aliphatic heterocycles. The zero-order valence-electron chi connectivity index (χ0n) is 18.3. The standard InChI is InChI=1S/C23H28N4O3S/c1-15(2)18-10-9-16(3)13-21(18)30-14-22-25-26-23(27(22)24)31-12-11-29-20-8-6-5-7-19(20)17(4)28/h5-10,13,15H,11-12,14,24H2,1-4H3. The third-order valence-corrected chi connectivity index (χ3v) is 5.63. The number of nitrogens with zero attached hydrogens (tertiary/aromatic N) is 3. The van der Waals surface area contributed by atoms with Crippen LogP contribution in [0.5, 0.6) is 11.5 Å². The minimum atomic E-state index is -0.0242. The van der Waals surface area contributed by atoms with Crippen LogP contribution in [-0.2, 0) is 6.61 Å². The Morgan fingerprint density at radius 1 is 1.13 bits per heavy atom. The van der Waals surface area contributed by atoms with E-state index in [2.05, 4.69) is 36.2 Å². The van der Waals surface area contributed by atoms with Gasteiger partial charge in [0.1, 0.15) is 18.1 Å². The number of rotatable bonds is 10. The van der Waals surface area contributed by atoms with E-state index in [9.17, 15) is 4.79 Å². The number of carbonyl (C=O) groups is 1. The second-order valence-electron chi connectivity index (χ2n) is 7.50. The van der Waals surface area contributed by atoms with Crippen LogP contribution < -0.4 is 15.3 Å². The van der Waals surface area contributed by atoms with Crippen LogP contribution in [0.2, 0.25) is 0 Å². The molecule has 0 aliphatic carbocycles. The number of benzene rings is 2. The second kappa shape index (κ2) is 10.3. The number of aryl methyl sites for hydroxylation is 1. The van der Waals surface area contributed by atoms with Crippen LogP contribution >= 0.6 is 11.8 Å². The highest BCUT2D eigenvalue weighted by Gasteiger charge is 2.14. The van der Waals surface area contributed by atoms with Gasteiger partial charge in [0.25, 0.3) is 0 Å². The van der Waals surface area contributed by atoms with E-state index in [0.29, 0.717) is 40.6 Å². The summed E-state index contributed by atoms with van der Waals surface area (Å²) in [5.74, 6) is 9.06. The molecule has 0 fully saturated rings. The van der Waals surface area contributed by atoms with E-state index >= 15 is 0 Å². The van der Waals surface area contributed by atoms with Gasteiger partial charge < -0.3 is 15.3 Å². The molecule has 0 saturated heterocycles. The van der Waals surface area contributed by atoms with Gasteiger partial charge in [0.2, 0.25) is 5.16 Å². The number of para-hydroxylation sites is 1. The number of Topliss-reactive ketones (excluding diaryl/α,β-unsaturated/α-hetero) is 1. The Morgan fingerprint density at radius 3 is 2.65 bits per heavy atom. The van der Waals surface area contributed by atoms with Crippen LogP contribution in [0.1, 0.15) is 54.0 Å². The first-order valence-electron chi connectivity index (χ1n) is 10.1. The van der Waals surface area contributed by atoms with Crippen molar-refractivity contribution >= 4 is 17.5 Å². The number of nitrogen functional groups attached to an aromatic ring is 1. The SMILES string of the molecule is CC(=O)c1ccccc1OCCSc1nnc(COc2cc(C)ccc2C(C)C)n1N. The van der Waals surface area contributed by atoms with Gasteiger partial charge in [-0.2, -0.15) is 0 Å². The molecule has 2 aromatic carbocycles. The van der Waals surface area contributed by atoms with E-state index in [-0.39, 0.29) is 12.4 Å². The summed E-state index contributed by atoms with van der Waals surface area (Å²) in [6, 6.07) is 13.4. The molecule has 1 aromatic heterocycles. The largest absolute Gasteiger partial charge is 0.492 e. The highest BCUT2D eigenvalue weighted by molar-refractivity contribution is 7.99. The first-order valence-corrected chi connectivity index (χ1v) is 11.1. The third kappa shape index (κ3) is 5.79. The molecule has 164 valence electrons. The fourth-order valence-electron chi connectivity index (χ4n) is 3.06. The van der Waals surface area contributed by atoms with Crippen molar-refractivity contribution < 1.29 is 14.3 Å². The third-order valence-electron chi connectivity index (χ3n) is 4.72. The molecule has 0 radical (unpaired) electrons. The van der Waals surface area contributed by atoms with Gasteiger partial charge in [-0.1, -0.05) is 49.9 Å². The van der Waals surface area contributed by atoms with E-state index in [0.717, 1.165) is 16.9 Å². The maximum atomic E-state index is 11.7. The molecule has 0 spiro atoms. The summed E-state index contributed by atoms with van der Waals surface area (Å²) >= 11 is 1.43. The lowest BCUT2D eigenvalue weighted by molar-refractivity contribution is 0.101. The van der Waals surface area contributed by atoms with E-state index in [4.69, 9.17) is 15.3 Å². The topological polar surface area (TPSA) is 92.3 Å². The number of nitrogens with two attached hydrogens (primary N) is 1. The molecule has 0 atom stereocenters. The summed E-state index contributed by atoms with van der Waals surface area (Å²) in [4.78, 5) is 11.7. The first-order chi connectivity index (χ1) is 14.9. The van der Waals surface area contributed by atoms with Gasteiger partial charge in [-0.15, -0.1) is 10.2 Å². The summed E-state index contributed by atoms with van der Waals surface area (Å²) in [6.45, 7) is 8.47. The number of thioether (sulfide) groups is 1. The molecule has 0 aliphatic rings. The Morgan fingerprint density at radius 2 is 1.90 bits per heavy atom. The maximum absolute atomic E-state index is 11.7. The Hall–Kier alpha value is -3.00. The Labute approximate surface area is 186 Å². The lowest BCUT2D eigenvalue weighted by Crippen LogP contribution is -2.16. The lowest BCUT2D eigenvalue weighted by Gasteiger charge is -2.14. The fourth-order valence-corrected chi connectivity index (χ4v) is 3.75. The molecule has 0 unspecified atom stereocenters. The van der Waals surface area contributed by atoms with Crippen LogP contribution in [0.15, 0.2) is 47.6 Å². The molecular formula is C23H28N4O3S. The van der Waals surface area contributed by atoms with Gasteiger partial charge in [-0.3, -0.25) is 4.79 Å². The zero-order chi connectivity index (χ0) is 22.4. The van der Waals surface area contributed by atoms with Crippen LogP contribution in [0.3, 0.4) is 0 Å². The van der Waals surface area contributed by atoms with E-state index in [1.807, 2.05) is 25.1 Å². The average Bonchev–Trinajstić information content (AvgIpc) is 3.09. The van der Waals surface area contributed by atoms with E-state index in [1.54, 1.807) is 12.1 Å². The number of ketones is 1. The highest BCUT2D eigenvalue weighted by atomic mass is 32.2. The predicted molar refractivity (Wildman–Crippen MR) is 122 cm³/mol. The van der Waals surface area contributed by atoms with Crippen molar-refractivity contribution in [2.24, 2.45) is 0 Å². The van der Waals surface area contributed by atoms with Gasteiger partial charge >= 0.3 is 0 Å². The number of ether oxygens (including phenoxy) is 2. The normalized spacial score (nSPS) is 11.0. The van der Waals surface area contributed by atoms with Gasteiger partial charge in [-0.05, 0) is 49.1 Å². The maximum Gasteiger partial charge on any atom is 0.210 e. The van der Waals surface area contributed by atoms with Crippen molar-refractivity contribution in [3.8, 4) is 11.5 Å². The van der Waals surface area contributed by atoms with Crippen molar-refractivity contribution in [3.63, 3.8) is 0 Å². The summed E-state index contributed by atoms with van der Waals surface area (Å²) in [5, 5.41) is 8.89. The van der Waals surface area contributed by atoms with E-state index < -0.39 is 0 Å². The van der Waals surface area contributed by atoms with E-state index in [1.165, 1.54) is 23.4 Å². The van der Waals surface area contributed by atoms with Crippen molar-refractivity contribution in [3.05, 3.63) is 65.0 Å². The Kier molecular flexibility index (Phi) is 7.57. The van der Waals surface area contributed by atoms with Gasteiger partial charge in [0.15, 0.2) is 11.6 Å². The predicted octanol–water partition coefficient (Wildman–Crippen LogP) is 4.38. The molecule has 0 bridgehead atoms. The van der Waals surface area contributed by atoms with Gasteiger partial charge in [-0.25, -0.2) is 4.68 Å². The molecule has 31 heavy (non-hydrogen) atoms. The minimum absolute atomic E-state index is 0.0242. The highest BCUT2D eigenvalue weighted by Crippen LogP contribution is 2.28.